The van der Waals surface area contributed by atoms with Gasteiger partial charge in [-0.05, 0) is 25.3 Å². The Bertz CT molecular complexity index is 574. The minimum absolute atomic E-state index is 0.0212. The van der Waals surface area contributed by atoms with Gasteiger partial charge in [-0.2, -0.15) is 4.98 Å². The number of sulfone groups is 1. The fourth-order valence-electron chi connectivity index (χ4n) is 2.52. The van der Waals surface area contributed by atoms with Crippen LogP contribution in [0, 0.1) is 5.92 Å². The van der Waals surface area contributed by atoms with Crippen LogP contribution in [-0.2, 0) is 9.84 Å². The van der Waals surface area contributed by atoms with Crippen LogP contribution in [-0.4, -0.2) is 49.0 Å². The zero-order chi connectivity index (χ0) is 15.5. The SMILES string of the molecule is CCN(c1ccnc(NCC(C)C)n1)C1CCS(=O)(=O)C1. The average Bonchev–Trinajstić information content (AvgIpc) is 2.78. The van der Waals surface area contributed by atoms with Gasteiger partial charge in [-0.15, -0.1) is 0 Å². The smallest absolute Gasteiger partial charge is 0.224 e. The lowest BCUT2D eigenvalue weighted by molar-refractivity contribution is 0.599. The van der Waals surface area contributed by atoms with Gasteiger partial charge in [-0.25, -0.2) is 13.4 Å². The van der Waals surface area contributed by atoms with Crippen LogP contribution < -0.4 is 10.2 Å². The Morgan fingerprint density at radius 2 is 2.24 bits per heavy atom. The Morgan fingerprint density at radius 3 is 2.81 bits per heavy atom. The molecule has 1 aromatic rings. The second-order valence-electron chi connectivity index (χ2n) is 5.86. The summed E-state index contributed by atoms with van der Waals surface area (Å²) in [5, 5.41) is 3.20. The Kier molecular flexibility index (Phi) is 5.03. The number of nitrogens with zero attached hydrogens (tertiary/aromatic N) is 3. The zero-order valence-electron chi connectivity index (χ0n) is 12.9. The molecule has 1 aliphatic rings. The van der Waals surface area contributed by atoms with Gasteiger partial charge in [-0.3, -0.25) is 0 Å². The van der Waals surface area contributed by atoms with E-state index >= 15 is 0 Å². The molecular weight excluding hydrogens is 288 g/mol. The van der Waals surface area contributed by atoms with Crippen molar-refractivity contribution in [2.24, 2.45) is 5.92 Å². The molecule has 0 radical (unpaired) electrons. The van der Waals surface area contributed by atoms with Crippen LogP contribution in [0.25, 0.3) is 0 Å². The molecule has 0 spiro atoms. The average molecular weight is 312 g/mol. The van der Waals surface area contributed by atoms with Gasteiger partial charge in [0, 0.05) is 25.3 Å². The number of aromatic nitrogens is 2. The largest absolute Gasteiger partial charge is 0.354 e. The highest BCUT2D eigenvalue weighted by Gasteiger charge is 2.32. The first-order valence-electron chi connectivity index (χ1n) is 7.45. The van der Waals surface area contributed by atoms with Crippen molar-refractivity contribution >= 4 is 21.6 Å². The van der Waals surface area contributed by atoms with E-state index in [2.05, 4.69) is 34.0 Å². The van der Waals surface area contributed by atoms with Crippen LogP contribution in [0.5, 0.6) is 0 Å². The molecule has 0 bridgehead atoms. The van der Waals surface area contributed by atoms with Gasteiger partial charge in [0.05, 0.1) is 11.5 Å². The maximum Gasteiger partial charge on any atom is 0.224 e. The Morgan fingerprint density at radius 1 is 1.48 bits per heavy atom. The molecule has 1 N–H and O–H groups in total. The Balaban J connectivity index is 2.13. The number of hydrogen-bond donors (Lipinski definition) is 1. The maximum absolute atomic E-state index is 11.7. The molecule has 21 heavy (non-hydrogen) atoms. The van der Waals surface area contributed by atoms with Crippen molar-refractivity contribution in [3.05, 3.63) is 12.3 Å². The van der Waals surface area contributed by atoms with Gasteiger partial charge < -0.3 is 10.2 Å². The second-order valence-corrected chi connectivity index (χ2v) is 8.08. The van der Waals surface area contributed by atoms with Crippen molar-refractivity contribution in [3.8, 4) is 0 Å². The van der Waals surface area contributed by atoms with E-state index in [1.807, 2.05) is 13.0 Å². The first-order chi connectivity index (χ1) is 9.91. The van der Waals surface area contributed by atoms with Crippen molar-refractivity contribution in [2.75, 3.05) is 34.8 Å². The first kappa shape index (κ1) is 16.0. The Labute approximate surface area is 126 Å². The molecule has 1 saturated heterocycles. The summed E-state index contributed by atoms with van der Waals surface area (Å²) in [6, 6.07) is 1.86. The molecule has 0 aromatic carbocycles. The molecule has 0 saturated carbocycles. The van der Waals surface area contributed by atoms with Gasteiger partial charge in [0.25, 0.3) is 0 Å². The fraction of sp³-hybridized carbons (Fsp3) is 0.714. The minimum atomic E-state index is -2.89. The van der Waals surface area contributed by atoms with Crippen molar-refractivity contribution < 1.29 is 8.42 Å². The van der Waals surface area contributed by atoms with E-state index in [0.29, 0.717) is 18.3 Å². The summed E-state index contributed by atoms with van der Waals surface area (Å²) >= 11 is 0. The highest BCUT2D eigenvalue weighted by atomic mass is 32.2. The van der Waals surface area contributed by atoms with E-state index in [-0.39, 0.29) is 17.5 Å². The Hall–Kier alpha value is -1.37. The molecule has 2 rings (SSSR count). The molecule has 118 valence electrons. The van der Waals surface area contributed by atoms with Gasteiger partial charge in [0.1, 0.15) is 5.82 Å². The van der Waals surface area contributed by atoms with Crippen molar-refractivity contribution in [1.82, 2.24) is 9.97 Å². The highest BCUT2D eigenvalue weighted by Crippen LogP contribution is 2.23. The number of nitrogens with one attached hydrogen (secondary N) is 1. The zero-order valence-corrected chi connectivity index (χ0v) is 13.7. The third kappa shape index (κ3) is 4.30. The molecule has 1 aliphatic heterocycles. The first-order valence-corrected chi connectivity index (χ1v) is 9.27. The monoisotopic (exact) mass is 312 g/mol. The normalized spacial score (nSPS) is 20.7. The lowest BCUT2D eigenvalue weighted by atomic mass is 10.2. The summed E-state index contributed by atoms with van der Waals surface area (Å²) in [5.41, 5.74) is 0. The molecule has 0 amide bonds. The molecule has 1 unspecified atom stereocenters. The van der Waals surface area contributed by atoms with E-state index in [9.17, 15) is 8.42 Å². The number of anilines is 2. The molecular formula is C14H24N4O2S. The van der Waals surface area contributed by atoms with Crippen LogP contribution in [0.4, 0.5) is 11.8 Å². The van der Waals surface area contributed by atoms with Gasteiger partial charge >= 0.3 is 0 Å². The summed E-state index contributed by atoms with van der Waals surface area (Å²) in [4.78, 5) is 10.8. The fourth-order valence-corrected chi connectivity index (χ4v) is 4.25. The molecule has 0 aliphatic carbocycles. The van der Waals surface area contributed by atoms with Crippen LogP contribution in [0.3, 0.4) is 0 Å². The van der Waals surface area contributed by atoms with E-state index in [1.165, 1.54) is 0 Å². The summed E-state index contributed by atoms with van der Waals surface area (Å²) in [6.07, 6.45) is 2.39. The molecule has 1 fully saturated rings. The summed E-state index contributed by atoms with van der Waals surface area (Å²) < 4.78 is 23.3. The van der Waals surface area contributed by atoms with Crippen molar-refractivity contribution in [2.45, 2.75) is 33.2 Å². The molecule has 1 atom stereocenters. The van der Waals surface area contributed by atoms with Gasteiger partial charge in [-0.1, -0.05) is 13.8 Å². The lowest BCUT2D eigenvalue weighted by Crippen LogP contribution is -2.36. The van der Waals surface area contributed by atoms with E-state index in [1.54, 1.807) is 6.20 Å². The predicted molar refractivity (Wildman–Crippen MR) is 85.4 cm³/mol. The minimum Gasteiger partial charge on any atom is -0.354 e. The number of rotatable bonds is 6. The molecule has 6 nitrogen and oxygen atoms in total. The molecule has 7 heteroatoms. The van der Waals surface area contributed by atoms with Crippen LogP contribution >= 0.6 is 0 Å². The van der Waals surface area contributed by atoms with E-state index in [4.69, 9.17) is 0 Å². The van der Waals surface area contributed by atoms with Crippen LogP contribution in [0.2, 0.25) is 0 Å². The summed E-state index contributed by atoms with van der Waals surface area (Å²) in [7, 11) is -2.89. The van der Waals surface area contributed by atoms with Gasteiger partial charge in [0.15, 0.2) is 9.84 Å². The third-order valence-corrected chi connectivity index (χ3v) is 5.34. The number of hydrogen-bond acceptors (Lipinski definition) is 6. The van der Waals surface area contributed by atoms with E-state index in [0.717, 1.165) is 18.9 Å². The predicted octanol–water partition coefficient (Wildman–Crippen LogP) is 1.56. The van der Waals surface area contributed by atoms with Crippen LogP contribution in [0.1, 0.15) is 27.2 Å². The van der Waals surface area contributed by atoms with Crippen LogP contribution in [0.15, 0.2) is 12.3 Å². The quantitative estimate of drug-likeness (QED) is 0.859. The third-order valence-electron chi connectivity index (χ3n) is 3.59. The molecule has 1 aromatic heterocycles. The highest BCUT2D eigenvalue weighted by molar-refractivity contribution is 7.91. The summed E-state index contributed by atoms with van der Waals surface area (Å²) in [6.45, 7) is 7.82. The topological polar surface area (TPSA) is 75.2 Å². The van der Waals surface area contributed by atoms with Crippen molar-refractivity contribution in [1.29, 1.82) is 0 Å². The maximum atomic E-state index is 11.7. The second kappa shape index (κ2) is 6.60. The molecule has 2 heterocycles. The van der Waals surface area contributed by atoms with E-state index < -0.39 is 9.84 Å². The van der Waals surface area contributed by atoms with Crippen molar-refractivity contribution in [3.63, 3.8) is 0 Å². The lowest BCUT2D eigenvalue weighted by Gasteiger charge is -2.28. The summed E-state index contributed by atoms with van der Waals surface area (Å²) in [5.74, 6) is 2.40. The van der Waals surface area contributed by atoms with Gasteiger partial charge in [0.2, 0.25) is 5.95 Å². The standard InChI is InChI=1S/C14H24N4O2S/c1-4-18(12-6-8-21(19,20)10-12)13-5-7-15-14(17-13)16-9-11(2)3/h5,7,11-12H,4,6,8-10H2,1-3H3,(H,15,16,17).